The molecule has 8 rings (SSSR count). The summed E-state index contributed by atoms with van der Waals surface area (Å²) in [5.74, 6) is 0. The van der Waals surface area contributed by atoms with Gasteiger partial charge in [0.1, 0.15) is 0 Å². The lowest BCUT2D eigenvalue weighted by Crippen LogP contribution is -1.95. The molecule has 0 aliphatic carbocycles. The Labute approximate surface area is 225 Å². The fourth-order valence-corrected chi connectivity index (χ4v) is 5.80. The zero-order valence-electron chi connectivity index (χ0n) is 21.1. The van der Waals surface area contributed by atoms with E-state index >= 15 is 0 Å². The van der Waals surface area contributed by atoms with Crippen molar-refractivity contribution in [1.29, 1.82) is 0 Å². The van der Waals surface area contributed by atoms with E-state index < -0.39 is 0 Å². The van der Waals surface area contributed by atoms with E-state index in [-0.39, 0.29) is 0 Å². The first-order valence-electron chi connectivity index (χ1n) is 13.2. The van der Waals surface area contributed by atoms with Crippen LogP contribution in [0.3, 0.4) is 0 Å². The Kier molecular flexibility index (Phi) is 4.82. The molecule has 3 heterocycles. The van der Waals surface area contributed by atoms with E-state index in [0.29, 0.717) is 0 Å². The van der Waals surface area contributed by atoms with Gasteiger partial charge in [-0.05, 0) is 47.3 Å². The molecule has 8 aromatic rings. The minimum atomic E-state index is 0.971. The Balaban J connectivity index is 1.36. The van der Waals surface area contributed by atoms with Crippen LogP contribution in [0, 0.1) is 0 Å². The Bertz CT molecular complexity index is 2180. The molecule has 3 aromatic heterocycles. The van der Waals surface area contributed by atoms with Crippen LogP contribution < -0.4 is 0 Å². The molecule has 0 bridgehead atoms. The zero-order chi connectivity index (χ0) is 25.8. The summed E-state index contributed by atoms with van der Waals surface area (Å²) in [6.45, 7) is 0. The quantitative estimate of drug-likeness (QED) is 0.244. The molecule has 0 saturated carbocycles. The fourth-order valence-electron chi connectivity index (χ4n) is 5.80. The van der Waals surface area contributed by atoms with Crippen molar-refractivity contribution in [1.82, 2.24) is 14.5 Å². The van der Waals surface area contributed by atoms with Crippen molar-refractivity contribution in [2.24, 2.45) is 0 Å². The van der Waals surface area contributed by atoms with Gasteiger partial charge < -0.3 is 4.57 Å². The number of benzene rings is 5. The van der Waals surface area contributed by atoms with E-state index in [2.05, 4.69) is 126 Å². The maximum Gasteiger partial charge on any atom is 0.0780 e. The third kappa shape index (κ3) is 3.52. The molecular formula is C36H23N3. The molecule has 0 radical (unpaired) electrons. The normalized spacial score (nSPS) is 11.6. The summed E-state index contributed by atoms with van der Waals surface area (Å²) >= 11 is 0. The maximum absolute atomic E-state index is 4.79. The molecule has 5 aromatic carbocycles. The van der Waals surface area contributed by atoms with Gasteiger partial charge in [0.2, 0.25) is 0 Å². The van der Waals surface area contributed by atoms with Crippen LogP contribution in [0.25, 0.3) is 71.6 Å². The van der Waals surface area contributed by atoms with E-state index in [1.54, 1.807) is 0 Å². The second-order valence-electron chi connectivity index (χ2n) is 9.93. The highest BCUT2D eigenvalue weighted by Crippen LogP contribution is 2.37. The lowest BCUT2D eigenvalue weighted by atomic mass is 10.0. The van der Waals surface area contributed by atoms with Crippen molar-refractivity contribution in [2.75, 3.05) is 0 Å². The second kappa shape index (κ2) is 8.64. The van der Waals surface area contributed by atoms with E-state index in [1.807, 2.05) is 18.5 Å². The predicted octanol–water partition coefficient (Wildman–Crippen LogP) is 9.21. The molecule has 0 saturated heterocycles. The molecule has 39 heavy (non-hydrogen) atoms. The van der Waals surface area contributed by atoms with Gasteiger partial charge in [-0.1, -0.05) is 91.0 Å². The number of para-hydroxylation sites is 2. The molecule has 0 aliphatic heterocycles. The van der Waals surface area contributed by atoms with Crippen molar-refractivity contribution >= 4 is 43.5 Å². The van der Waals surface area contributed by atoms with E-state index in [4.69, 9.17) is 9.97 Å². The summed E-state index contributed by atoms with van der Waals surface area (Å²) in [7, 11) is 0. The van der Waals surface area contributed by atoms with Gasteiger partial charge in [0.25, 0.3) is 0 Å². The van der Waals surface area contributed by atoms with Crippen molar-refractivity contribution in [3.05, 3.63) is 140 Å². The molecule has 0 amide bonds. The average molecular weight is 498 g/mol. The van der Waals surface area contributed by atoms with Crippen molar-refractivity contribution in [3.63, 3.8) is 0 Å². The third-order valence-electron chi connectivity index (χ3n) is 7.65. The molecule has 0 atom stereocenters. The Morgan fingerprint density at radius 2 is 1.28 bits per heavy atom. The summed E-state index contributed by atoms with van der Waals surface area (Å²) in [6, 6.07) is 45.2. The highest BCUT2D eigenvalue weighted by atomic mass is 15.0. The molecule has 0 spiro atoms. The average Bonchev–Trinajstić information content (AvgIpc) is 3.34. The number of nitrogens with zero attached hydrogens (tertiary/aromatic N) is 3. The highest BCUT2D eigenvalue weighted by molar-refractivity contribution is 6.11. The summed E-state index contributed by atoms with van der Waals surface area (Å²) in [6.07, 6.45) is 3.83. The van der Waals surface area contributed by atoms with E-state index in [1.165, 1.54) is 27.2 Å². The zero-order valence-corrected chi connectivity index (χ0v) is 21.1. The minimum absolute atomic E-state index is 0.971. The minimum Gasteiger partial charge on any atom is -0.309 e. The van der Waals surface area contributed by atoms with E-state index in [0.717, 1.165) is 44.4 Å². The molecule has 182 valence electrons. The monoisotopic (exact) mass is 497 g/mol. The van der Waals surface area contributed by atoms with Gasteiger partial charge in [-0.2, -0.15) is 0 Å². The smallest absolute Gasteiger partial charge is 0.0780 e. The van der Waals surface area contributed by atoms with Crippen LogP contribution in [0.4, 0.5) is 0 Å². The summed E-state index contributed by atoms with van der Waals surface area (Å²) in [4.78, 5) is 9.50. The first-order chi connectivity index (χ1) is 19.3. The van der Waals surface area contributed by atoms with Crippen LogP contribution in [0.2, 0.25) is 0 Å². The van der Waals surface area contributed by atoms with Crippen LogP contribution in [0.15, 0.2) is 140 Å². The first kappa shape index (κ1) is 21.8. The molecule has 3 heteroatoms. The lowest BCUT2D eigenvalue weighted by Gasteiger charge is -2.12. The molecule has 0 N–H and O–H groups in total. The standard InChI is InChI=1S/C36H23N3/c1-2-9-28-23-38-33(21-25(28)8-1)27-11-5-13-29(20-27)39-34-16-4-3-14-31(34)32-18-17-26(22-35(32)39)30-15-6-10-24-12-7-19-37-36(24)30/h1-23H. The van der Waals surface area contributed by atoms with Gasteiger partial charge in [-0.25, -0.2) is 0 Å². The van der Waals surface area contributed by atoms with Crippen molar-refractivity contribution < 1.29 is 0 Å². The van der Waals surface area contributed by atoms with Crippen molar-refractivity contribution in [3.8, 4) is 28.1 Å². The Hall–Kier alpha value is -5.28. The van der Waals surface area contributed by atoms with Gasteiger partial charge in [0.05, 0.1) is 22.2 Å². The molecule has 0 fully saturated rings. The fraction of sp³-hybridized carbons (Fsp3) is 0. The van der Waals surface area contributed by atoms with Gasteiger partial charge in [0.15, 0.2) is 0 Å². The van der Waals surface area contributed by atoms with Crippen molar-refractivity contribution in [2.45, 2.75) is 0 Å². The SMILES string of the molecule is c1cc(-c2cc3ccccc3cn2)cc(-n2c3ccccc3c3ccc(-c4cccc5cccnc45)cc32)c1. The Morgan fingerprint density at radius 3 is 2.26 bits per heavy atom. The van der Waals surface area contributed by atoms with Gasteiger partial charge >= 0.3 is 0 Å². The molecule has 0 aliphatic rings. The third-order valence-corrected chi connectivity index (χ3v) is 7.65. The summed E-state index contributed by atoms with van der Waals surface area (Å²) in [5.41, 5.74) is 8.85. The predicted molar refractivity (Wildman–Crippen MR) is 162 cm³/mol. The summed E-state index contributed by atoms with van der Waals surface area (Å²) in [5, 5.41) is 5.96. The van der Waals surface area contributed by atoms with Crippen LogP contribution in [0.1, 0.15) is 0 Å². The summed E-state index contributed by atoms with van der Waals surface area (Å²) < 4.78 is 2.37. The van der Waals surface area contributed by atoms with Crippen LogP contribution in [-0.2, 0) is 0 Å². The topological polar surface area (TPSA) is 30.7 Å². The Morgan fingerprint density at radius 1 is 0.487 bits per heavy atom. The lowest BCUT2D eigenvalue weighted by molar-refractivity contribution is 1.18. The van der Waals surface area contributed by atoms with Gasteiger partial charge in [-0.3, -0.25) is 9.97 Å². The van der Waals surface area contributed by atoms with E-state index in [9.17, 15) is 0 Å². The number of fused-ring (bicyclic) bond motifs is 5. The molecular weight excluding hydrogens is 474 g/mol. The number of aromatic nitrogens is 3. The maximum atomic E-state index is 4.79. The number of hydrogen-bond donors (Lipinski definition) is 0. The molecule has 0 unspecified atom stereocenters. The van der Waals surface area contributed by atoms with Gasteiger partial charge in [-0.15, -0.1) is 0 Å². The van der Waals surface area contributed by atoms with Gasteiger partial charge in [0, 0.05) is 50.8 Å². The number of pyridine rings is 2. The molecule has 3 nitrogen and oxygen atoms in total. The van der Waals surface area contributed by atoms with Crippen LogP contribution in [-0.4, -0.2) is 14.5 Å². The van der Waals surface area contributed by atoms with Crippen LogP contribution in [0.5, 0.6) is 0 Å². The largest absolute Gasteiger partial charge is 0.309 e. The first-order valence-corrected chi connectivity index (χ1v) is 13.2. The van der Waals surface area contributed by atoms with Crippen LogP contribution >= 0.6 is 0 Å². The number of rotatable bonds is 3. The second-order valence-corrected chi connectivity index (χ2v) is 9.93. The highest BCUT2D eigenvalue weighted by Gasteiger charge is 2.15. The number of hydrogen-bond acceptors (Lipinski definition) is 2.